The summed E-state index contributed by atoms with van der Waals surface area (Å²) in [6, 6.07) is 56.8. The number of nitrogens with zero attached hydrogens (tertiary/aromatic N) is 3. The van der Waals surface area contributed by atoms with E-state index in [4.69, 9.17) is 19.4 Å². The Bertz CT molecular complexity index is 2860. The Kier molecular flexibility index (Phi) is 6.64. The largest absolute Gasteiger partial charge is 0.456 e. The van der Waals surface area contributed by atoms with Crippen LogP contribution in [0.1, 0.15) is 0 Å². The zero-order chi connectivity index (χ0) is 33.0. The second-order valence-electron chi connectivity index (χ2n) is 12.4. The van der Waals surface area contributed by atoms with Crippen molar-refractivity contribution < 1.29 is 4.42 Å². The molecule has 0 bridgehead atoms. The van der Waals surface area contributed by atoms with Gasteiger partial charge < -0.3 is 4.42 Å². The molecule has 3 heterocycles. The van der Waals surface area contributed by atoms with Gasteiger partial charge in [0.15, 0.2) is 17.5 Å². The van der Waals surface area contributed by atoms with Crippen LogP contribution in [0.5, 0.6) is 0 Å². The number of para-hydroxylation sites is 1. The lowest BCUT2D eigenvalue weighted by molar-refractivity contribution is 0.669. The average Bonchev–Trinajstić information content (AvgIpc) is 3.76. The van der Waals surface area contributed by atoms with Gasteiger partial charge in [0.2, 0.25) is 0 Å². The molecule has 7 aromatic carbocycles. The Morgan fingerprint density at radius 3 is 1.72 bits per heavy atom. The van der Waals surface area contributed by atoms with Crippen molar-refractivity contribution in [1.29, 1.82) is 0 Å². The summed E-state index contributed by atoms with van der Waals surface area (Å²) in [5.41, 5.74) is 8.83. The summed E-state index contributed by atoms with van der Waals surface area (Å²) < 4.78 is 8.98. The van der Waals surface area contributed by atoms with Crippen LogP contribution in [0.4, 0.5) is 0 Å². The van der Waals surface area contributed by atoms with E-state index in [1.54, 1.807) is 0 Å². The highest BCUT2D eigenvalue weighted by atomic mass is 32.1. The Balaban J connectivity index is 1.25. The number of hydrogen-bond donors (Lipinski definition) is 0. The zero-order valence-corrected chi connectivity index (χ0v) is 27.6. The molecular weight excluding hydrogens is 631 g/mol. The van der Waals surface area contributed by atoms with Crippen molar-refractivity contribution in [3.05, 3.63) is 164 Å². The Morgan fingerprint density at radius 2 is 0.940 bits per heavy atom. The normalized spacial score (nSPS) is 11.6. The summed E-state index contributed by atoms with van der Waals surface area (Å²) in [7, 11) is 0. The van der Waals surface area contributed by atoms with Crippen molar-refractivity contribution in [2.45, 2.75) is 0 Å². The second-order valence-corrected chi connectivity index (χ2v) is 13.5. The molecule has 10 aromatic rings. The van der Waals surface area contributed by atoms with Crippen molar-refractivity contribution in [3.63, 3.8) is 0 Å². The molecule has 0 unspecified atom stereocenters. The molecule has 0 fully saturated rings. The first-order valence-electron chi connectivity index (χ1n) is 16.6. The summed E-state index contributed by atoms with van der Waals surface area (Å²) in [4.78, 5) is 15.6. The Labute approximate surface area is 292 Å². The lowest BCUT2D eigenvalue weighted by Crippen LogP contribution is -2.01. The fourth-order valence-electron chi connectivity index (χ4n) is 6.96. The van der Waals surface area contributed by atoms with Gasteiger partial charge in [0.25, 0.3) is 0 Å². The van der Waals surface area contributed by atoms with Gasteiger partial charge in [-0.05, 0) is 58.7 Å². The van der Waals surface area contributed by atoms with Gasteiger partial charge in [-0.3, -0.25) is 0 Å². The minimum absolute atomic E-state index is 0.600. The lowest BCUT2D eigenvalue weighted by atomic mass is 9.93. The molecule has 3 aromatic heterocycles. The third-order valence-electron chi connectivity index (χ3n) is 9.37. The van der Waals surface area contributed by atoms with E-state index in [0.29, 0.717) is 17.5 Å². The van der Waals surface area contributed by atoms with E-state index in [1.165, 1.54) is 25.7 Å². The highest BCUT2D eigenvalue weighted by Gasteiger charge is 2.22. The van der Waals surface area contributed by atoms with Gasteiger partial charge in [-0.2, -0.15) is 0 Å². The highest BCUT2D eigenvalue weighted by Crippen LogP contribution is 2.44. The maximum atomic E-state index is 6.44. The Hall–Kier alpha value is -6.43. The average molecular weight is 658 g/mol. The number of hydrogen-bond acceptors (Lipinski definition) is 5. The van der Waals surface area contributed by atoms with Crippen LogP contribution < -0.4 is 0 Å². The van der Waals surface area contributed by atoms with Gasteiger partial charge in [-0.15, -0.1) is 11.3 Å². The van der Waals surface area contributed by atoms with Gasteiger partial charge in [-0.25, -0.2) is 15.0 Å². The van der Waals surface area contributed by atoms with Crippen LogP contribution in [0.15, 0.2) is 168 Å². The quantitative estimate of drug-likeness (QED) is 0.185. The molecule has 5 heteroatoms. The number of benzene rings is 7. The number of fused-ring (bicyclic) bond motifs is 6. The van der Waals surface area contributed by atoms with E-state index in [1.807, 2.05) is 59.9 Å². The second kappa shape index (κ2) is 11.6. The molecule has 0 saturated heterocycles. The third kappa shape index (κ3) is 4.79. The molecule has 0 amide bonds. The number of rotatable bonds is 5. The summed E-state index contributed by atoms with van der Waals surface area (Å²) in [5.74, 6) is 1.83. The molecule has 10 rings (SSSR count). The molecule has 0 N–H and O–H groups in total. The van der Waals surface area contributed by atoms with Gasteiger partial charge in [0.1, 0.15) is 11.2 Å². The van der Waals surface area contributed by atoms with E-state index in [2.05, 4.69) is 115 Å². The minimum Gasteiger partial charge on any atom is -0.456 e. The van der Waals surface area contributed by atoms with Crippen LogP contribution in [0.3, 0.4) is 0 Å². The predicted molar refractivity (Wildman–Crippen MR) is 207 cm³/mol. The first-order valence-corrected chi connectivity index (χ1v) is 17.4. The standard InChI is InChI=1S/C45H27N3OS/c1-3-11-28(12-4-1)29-19-21-31(22-20-29)44-46-43(30-13-5-2-6-14-30)47-45(48-44)42-33(24-25-38-41(42)35-16-7-9-17-37(35)49-38)32-23-26-40-36(27-32)34-15-8-10-18-39(34)50-40/h1-27H. The molecule has 0 aliphatic carbocycles. The minimum atomic E-state index is 0.600. The van der Waals surface area contributed by atoms with E-state index < -0.39 is 0 Å². The molecule has 0 saturated carbocycles. The van der Waals surface area contributed by atoms with E-state index in [9.17, 15) is 0 Å². The molecule has 0 aliphatic heterocycles. The van der Waals surface area contributed by atoms with Crippen LogP contribution in [-0.2, 0) is 0 Å². The summed E-state index contributed by atoms with van der Waals surface area (Å²) >= 11 is 1.82. The zero-order valence-electron chi connectivity index (χ0n) is 26.7. The fourth-order valence-corrected chi connectivity index (χ4v) is 8.04. The maximum Gasteiger partial charge on any atom is 0.165 e. The molecule has 0 radical (unpaired) electrons. The summed E-state index contributed by atoms with van der Waals surface area (Å²) in [6.45, 7) is 0. The van der Waals surface area contributed by atoms with Gasteiger partial charge in [0, 0.05) is 47.6 Å². The molecule has 4 nitrogen and oxygen atoms in total. The Morgan fingerprint density at radius 1 is 0.380 bits per heavy atom. The molecule has 0 aliphatic rings. The number of aromatic nitrogens is 3. The van der Waals surface area contributed by atoms with Crippen LogP contribution in [-0.4, -0.2) is 15.0 Å². The third-order valence-corrected chi connectivity index (χ3v) is 10.5. The number of thiophene rings is 1. The van der Waals surface area contributed by atoms with Gasteiger partial charge >= 0.3 is 0 Å². The highest BCUT2D eigenvalue weighted by molar-refractivity contribution is 7.25. The van der Waals surface area contributed by atoms with E-state index in [-0.39, 0.29) is 0 Å². The van der Waals surface area contributed by atoms with E-state index >= 15 is 0 Å². The monoisotopic (exact) mass is 657 g/mol. The number of furan rings is 1. The molecular formula is C45H27N3OS. The van der Waals surface area contributed by atoms with Crippen LogP contribution >= 0.6 is 11.3 Å². The van der Waals surface area contributed by atoms with Crippen LogP contribution in [0.25, 0.3) is 98.5 Å². The van der Waals surface area contributed by atoms with Crippen LogP contribution in [0.2, 0.25) is 0 Å². The molecule has 0 atom stereocenters. The predicted octanol–water partition coefficient (Wildman–Crippen LogP) is 12.5. The SMILES string of the molecule is c1ccc(-c2ccc(-c3nc(-c4ccccc4)nc(-c4c(-c5ccc6sc7ccccc7c6c5)ccc5oc6ccccc6c45)n3)cc2)cc1. The van der Waals surface area contributed by atoms with Gasteiger partial charge in [-0.1, -0.05) is 127 Å². The van der Waals surface area contributed by atoms with Crippen LogP contribution in [0, 0.1) is 0 Å². The van der Waals surface area contributed by atoms with Gasteiger partial charge in [0.05, 0.1) is 0 Å². The van der Waals surface area contributed by atoms with E-state index in [0.717, 1.165) is 55.3 Å². The summed E-state index contributed by atoms with van der Waals surface area (Å²) in [6.07, 6.45) is 0. The van der Waals surface area contributed by atoms with Crippen molar-refractivity contribution in [2.24, 2.45) is 0 Å². The fraction of sp³-hybridized carbons (Fsp3) is 0. The first-order chi connectivity index (χ1) is 24.8. The smallest absolute Gasteiger partial charge is 0.165 e. The van der Waals surface area contributed by atoms with Crippen molar-refractivity contribution in [2.75, 3.05) is 0 Å². The maximum absolute atomic E-state index is 6.44. The molecule has 0 spiro atoms. The molecule has 50 heavy (non-hydrogen) atoms. The topological polar surface area (TPSA) is 51.8 Å². The molecule has 234 valence electrons. The van der Waals surface area contributed by atoms with Crippen molar-refractivity contribution in [1.82, 2.24) is 15.0 Å². The summed E-state index contributed by atoms with van der Waals surface area (Å²) in [5, 5.41) is 4.52. The first kappa shape index (κ1) is 28.6. The lowest BCUT2D eigenvalue weighted by Gasteiger charge is -2.14. The van der Waals surface area contributed by atoms with Crippen molar-refractivity contribution >= 4 is 53.4 Å². The van der Waals surface area contributed by atoms with Crippen molar-refractivity contribution in [3.8, 4) is 56.4 Å².